The lowest BCUT2D eigenvalue weighted by Crippen LogP contribution is -2.54. The summed E-state index contributed by atoms with van der Waals surface area (Å²) in [6, 6.07) is 28.5. The van der Waals surface area contributed by atoms with Gasteiger partial charge in [0.2, 0.25) is 0 Å². The number of nitrogens with zero attached hydrogens (tertiary/aromatic N) is 2. The fraction of sp³-hybridized carbons (Fsp3) is 0.0938. The Balaban J connectivity index is 1.41. The van der Waals surface area contributed by atoms with Gasteiger partial charge in [0.25, 0.3) is 11.8 Å². The minimum atomic E-state index is -0.493. The molecule has 2 amide bonds. The number of rotatable bonds is 4. The van der Waals surface area contributed by atoms with E-state index in [2.05, 4.69) is 46.3 Å². The molecule has 2 heterocycles. The SMILES string of the molecule is Cc1cccc(N2C(=O)/C(=C/c3cn(Cc4ccc5ccccc5c4)c4ccccc34)C(=O)NC2=S)c1C. The van der Waals surface area contributed by atoms with E-state index in [4.69, 9.17) is 12.2 Å². The summed E-state index contributed by atoms with van der Waals surface area (Å²) in [5.41, 5.74) is 5.69. The Morgan fingerprint density at radius 1 is 0.868 bits per heavy atom. The lowest BCUT2D eigenvalue weighted by molar-refractivity contribution is -0.122. The summed E-state index contributed by atoms with van der Waals surface area (Å²) in [6.45, 7) is 4.59. The predicted molar refractivity (Wildman–Crippen MR) is 157 cm³/mol. The average Bonchev–Trinajstić information content (AvgIpc) is 3.25. The summed E-state index contributed by atoms with van der Waals surface area (Å²) in [5, 5.41) is 6.15. The van der Waals surface area contributed by atoms with E-state index in [9.17, 15) is 9.59 Å². The number of carbonyl (C=O) groups excluding carboxylic acids is 2. The van der Waals surface area contributed by atoms with Crippen LogP contribution >= 0.6 is 12.2 Å². The summed E-state index contributed by atoms with van der Waals surface area (Å²) in [6.07, 6.45) is 3.68. The van der Waals surface area contributed by atoms with Crippen molar-refractivity contribution in [1.29, 1.82) is 0 Å². The van der Waals surface area contributed by atoms with Crippen molar-refractivity contribution in [2.75, 3.05) is 4.90 Å². The summed E-state index contributed by atoms with van der Waals surface area (Å²) >= 11 is 5.41. The van der Waals surface area contributed by atoms with Crippen molar-refractivity contribution < 1.29 is 9.59 Å². The van der Waals surface area contributed by atoms with Crippen molar-refractivity contribution in [1.82, 2.24) is 9.88 Å². The number of para-hydroxylation sites is 1. The van der Waals surface area contributed by atoms with Crippen LogP contribution in [0.2, 0.25) is 0 Å². The maximum atomic E-state index is 13.7. The van der Waals surface area contributed by atoms with Crippen LogP contribution in [0, 0.1) is 13.8 Å². The highest BCUT2D eigenvalue weighted by Gasteiger charge is 2.35. The highest BCUT2D eigenvalue weighted by atomic mass is 32.1. The Hall–Kier alpha value is -4.55. The van der Waals surface area contributed by atoms with Crippen LogP contribution in [0.25, 0.3) is 27.8 Å². The zero-order valence-electron chi connectivity index (χ0n) is 21.1. The Kier molecular flexibility index (Phi) is 5.89. The molecule has 1 fully saturated rings. The molecule has 38 heavy (non-hydrogen) atoms. The van der Waals surface area contributed by atoms with E-state index in [0.29, 0.717) is 12.2 Å². The van der Waals surface area contributed by atoms with Crippen LogP contribution in [0.1, 0.15) is 22.3 Å². The molecule has 4 aromatic carbocycles. The van der Waals surface area contributed by atoms with Crippen LogP contribution in [0.15, 0.2) is 96.7 Å². The van der Waals surface area contributed by atoms with Crippen molar-refractivity contribution in [2.24, 2.45) is 0 Å². The molecule has 6 rings (SSSR count). The Morgan fingerprint density at radius 3 is 2.47 bits per heavy atom. The summed E-state index contributed by atoms with van der Waals surface area (Å²) < 4.78 is 2.16. The number of amides is 2. The Bertz CT molecular complexity index is 1810. The van der Waals surface area contributed by atoms with Gasteiger partial charge in [0.05, 0.1) is 5.69 Å². The fourth-order valence-corrected chi connectivity index (χ4v) is 5.34. The van der Waals surface area contributed by atoms with Gasteiger partial charge in [-0.1, -0.05) is 66.7 Å². The second-order valence-electron chi connectivity index (χ2n) is 9.59. The van der Waals surface area contributed by atoms with Crippen LogP contribution in [-0.2, 0) is 16.1 Å². The van der Waals surface area contributed by atoms with Crippen molar-refractivity contribution in [3.8, 4) is 0 Å². The first kappa shape index (κ1) is 23.8. The summed E-state index contributed by atoms with van der Waals surface area (Å²) in [4.78, 5) is 28.1. The third-order valence-electron chi connectivity index (χ3n) is 7.20. The van der Waals surface area contributed by atoms with E-state index in [1.807, 2.05) is 68.6 Å². The Labute approximate surface area is 226 Å². The predicted octanol–water partition coefficient (Wildman–Crippen LogP) is 6.29. The van der Waals surface area contributed by atoms with E-state index in [0.717, 1.165) is 27.6 Å². The molecule has 186 valence electrons. The number of carbonyl (C=O) groups is 2. The molecule has 5 aromatic rings. The van der Waals surface area contributed by atoms with Gasteiger partial charge in [-0.05, 0) is 77.8 Å². The number of fused-ring (bicyclic) bond motifs is 2. The van der Waals surface area contributed by atoms with Gasteiger partial charge < -0.3 is 4.57 Å². The summed E-state index contributed by atoms with van der Waals surface area (Å²) in [7, 11) is 0. The molecule has 5 nitrogen and oxygen atoms in total. The molecular weight excluding hydrogens is 490 g/mol. The molecule has 0 bridgehead atoms. The average molecular weight is 516 g/mol. The van der Waals surface area contributed by atoms with Crippen LogP contribution in [0.3, 0.4) is 0 Å². The molecular formula is C32H25N3O2S. The molecule has 0 spiro atoms. The number of aryl methyl sites for hydroxylation is 1. The number of aromatic nitrogens is 1. The van der Waals surface area contributed by atoms with Crippen LogP contribution < -0.4 is 10.2 Å². The lowest BCUT2D eigenvalue weighted by atomic mass is 10.0. The molecule has 0 aliphatic carbocycles. The first-order chi connectivity index (χ1) is 18.4. The van der Waals surface area contributed by atoms with Gasteiger partial charge in [-0.15, -0.1) is 0 Å². The quantitative estimate of drug-likeness (QED) is 0.174. The molecule has 1 aliphatic heterocycles. The second-order valence-corrected chi connectivity index (χ2v) is 9.97. The van der Waals surface area contributed by atoms with Crippen molar-refractivity contribution in [3.05, 3.63) is 119 Å². The molecule has 6 heteroatoms. The van der Waals surface area contributed by atoms with Crippen LogP contribution in [-0.4, -0.2) is 21.5 Å². The van der Waals surface area contributed by atoms with Gasteiger partial charge in [-0.2, -0.15) is 0 Å². The molecule has 0 unspecified atom stereocenters. The van der Waals surface area contributed by atoms with Gasteiger partial charge in [-0.3, -0.25) is 19.8 Å². The number of hydrogen-bond acceptors (Lipinski definition) is 3. The molecule has 1 aromatic heterocycles. The molecule has 0 radical (unpaired) electrons. The van der Waals surface area contributed by atoms with Crippen LogP contribution in [0.4, 0.5) is 5.69 Å². The van der Waals surface area contributed by atoms with Crippen molar-refractivity contribution in [2.45, 2.75) is 20.4 Å². The van der Waals surface area contributed by atoms with Gasteiger partial charge in [0.15, 0.2) is 5.11 Å². The zero-order chi connectivity index (χ0) is 26.4. The molecule has 0 saturated carbocycles. The van der Waals surface area contributed by atoms with Crippen molar-refractivity contribution >= 4 is 62.6 Å². The summed E-state index contributed by atoms with van der Waals surface area (Å²) in [5.74, 6) is -0.924. The van der Waals surface area contributed by atoms with Gasteiger partial charge in [0, 0.05) is 29.2 Å². The van der Waals surface area contributed by atoms with Crippen LogP contribution in [0.5, 0.6) is 0 Å². The monoisotopic (exact) mass is 515 g/mol. The number of thiocarbonyl (C=S) groups is 1. The van der Waals surface area contributed by atoms with Gasteiger partial charge >= 0.3 is 0 Å². The van der Waals surface area contributed by atoms with Gasteiger partial charge in [-0.25, -0.2) is 0 Å². The standard InChI is InChI=1S/C32H25N3O2S/c1-20-8-7-13-28(21(20)2)35-31(37)27(30(36)33-32(35)38)17-25-19-34(29-12-6-5-11-26(25)29)18-22-14-15-23-9-3-4-10-24(23)16-22/h3-17,19H,18H2,1-2H3,(H,33,36,38)/b27-17+. The zero-order valence-corrected chi connectivity index (χ0v) is 21.9. The number of nitrogens with one attached hydrogen (secondary N) is 1. The van der Waals surface area contributed by atoms with Crippen molar-refractivity contribution in [3.63, 3.8) is 0 Å². The third kappa shape index (κ3) is 4.09. The first-order valence-electron chi connectivity index (χ1n) is 12.4. The minimum absolute atomic E-state index is 0.0492. The van der Waals surface area contributed by atoms with E-state index in [-0.39, 0.29) is 10.7 Å². The molecule has 1 aliphatic rings. The first-order valence-corrected chi connectivity index (χ1v) is 12.8. The molecule has 0 atom stereocenters. The molecule has 1 N–H and O–H groups in total. The number of anilines is 1. The number of benzene rings is 4. The lowest BCUT2D eigenvalue weighted by Gasteiger charge is -2.30. The number of hydrogen-bond donors (Lipinski definition) is 1. The van der Waals surface area contributed by atoms with Gasteiger partial charge in [0.1, 0.15) is 5.57 Å². The van der Waals surface area contributed by atoms with E-state index < -0.39 is 11.8 Å². The second kappa shape index (κ2) is 9.39. The topological polar surface area (TPSA) is 54.3 Å². The minimum Gasteiger partial charge on any atom is -0.342 e. The fourth-order valence-electron chi connectivity index (χ4n) is 5.06. The van der Waals surface area contributed by atoms with E-state index in [1.54, 1.807) is 6.08 Å². The Morgan fingerprint density at radius 2 is 1.63 bits per heavy atom. The highest BCUT2D eigenvalue weighted by molar-refractivity contribution is 7.80. The maximum absolute atomic E-state index is 13.7. The molecule has 1 saturated heterocycles. The highest BCUT2D eigenvalue weighted by Crippen LogP contribution is 2.29. The largest absolute Gasteiger partial charge is 0.342 e. The maximum Gasteiger partial charge on any atom is 0.270 e. The van der Waals surface area contributed by atoms with E-state index >= 15 is 0 Å². The third-order valence-corrected chi connectivity index (χ3v) is 7.49. The normalized spacial score (nSPS) is 15.1. The van der Waals surface area contributed by atoms with E-state index in [1.165, 1.54) is 21.2 Å². The smallest absolute Gasteiger partial charge is 0.270 e.